The van der Waals surface area contributed by atoms with E-state index < -0.39 is 5.41 Å². The zero-order valence-electron chi connectivity index (χ0n) is 26.3. The molecule has 3 nitrogen and oxygen atoms in total. The van der Waals surface area contributed by atoms with E-state index in [2.05, 4.69) is 83.2 Å². The summed E-state index contributed by atoms with van der Waals surface area (Å²) in [5.41, 5.74) is 11.7. The Kier molecular flexibility index (Phi) is 5.72. The number of hydrogen-bond donors (Lipinski definition) is 0. The number of carbonyl (C=O) groups is 1. The minimum atomic E-state index is -0.928. The SMILES string of the molecule is Cc1ccc2c(c1)C(C)(C)c1c-2sc2c3c(sc12)-c1ccc(CCC2(C)C(=O)c4ccccc4C2=C(C#N)C#N)cc1C3(C)C. The first-order valence-corrected chi connectivity index (χ1v) is 17.1. The van der Waals surface area contributed by atoms with Crippen LogP contribution < -0.4 is 0 Å². The molecule has 0 saturated carbocycles. The van der Waals surface area contributed by atoms with Crippen LogP contribution in [0, 0.1) is 35.0 Å². The third-order valence-corrected chi connectivity index (χ3v) is 13.4. The summed E-state index contributed by atoms with van der Waals surface area (Å²) < 4.78 is 2.87. The van der Waals surface area contributed by atoms with Crippen molar-refractivity contribution in [2.24, 2.45) is 5.41 Å². The van der Waals surface area contributed by atoms with Crippen LogP contribution in [-0.4, -0.2) is 5.78 Å². The number of allylic oxidation sites excluding steroid dienone is 2. The molecule has 5 heteroatoms. The number of hydrogen-bond acceptors (Lipinski definition) is 5. The molecule has 2 heterocycles. The lowest BCUT2D eigenvalue weighted by Gasteiger charge is -2.26. The molecule has 0 aliphatic heterocycles. The largest absolute Gasteiger partial charge is 0.293 e. The van der Waals surface area contributed by atoms with Gasteiger partial charge in [0, 0.05) is 31.7 Å². The number of Topliss-reactive ketones (excluding diaryl/α,β-unsaturated/α-hetero) is 1. The molecule has 3 aliphatic carbocycles. The lowest BCUT2D eigenvalue weighted by atomic mass is 9.75. The van der Waals surface area contributed by atoms with Crippen molar-refractivity contribution in [2.75, 3.05) is 0 Å². The molecule has 0 spiro atoms. The van der Waals surface area contributed by atoms with Crippen molar-refractivity contribution in [3.63, 3.8) is 0 Å². The number of rotatable bonds is 3. The smallest absolute Gasteiger partial charge is 0.173 e. The number of carbonyl (C=O) groups excluding carboxylic acids is 1. The van der Waals surface area contributed by atoms with Crippen molar-refractivity contribution in [2.45, 2.75) is 65.2 Å². The highest BCUT2D eigenvalue weighted by molar-refractivity contribution is 7.32. The zero-order valence-corrected chi connectivity index (χ0v) is 27.9. The van der Waals surface area contributed by atoms with Crippen molar-refractivity contribution in [1.82, 2.24) is 0 Å². The first-order chi connectivity index (χ1) is 21.4. The molecule has 3 aromatic carbocycles. The van der Waals surface area contributed by atoms with Gasteiger partial charge in [-0.15, -0.1) is 22.7 Å². The third kappa shape index (κ3) is 3.52. The minimum Gasteiger partial charge on any atom is -0.293 e. The number of benzene rings is 3. The highest BCUT2D eigenvalue weighted by atomic mass is 32.1. The molecule has 0 fully saturated rings. The Morgan fingerprint density at radius 1 is 0.733 bits per heavy atom. The molecule has 3 aliphatic rings. The molecule has 0 N–H and O–H groups in total. The van der Waals surface area contributed by atoms with Gasteiger partial charge in [-0.3, -0.25) is 4.79 Å². The summed E-state index contributed by atoms with van der Waals surface area (Å²) in [5.74, 6) is -0.00688. The Labute approximate surface area is 272 Å². The summed E-state index contributed by atoms with van der Waals surface area (Å²) in [6, 6.07) is 25.3. The van der Waals surface area contributed by atoms with E-state index in [0.29, 0.717) is 24.0 Å². The van der Waals surface area contributed by atoms with E-state index >= 15 is 0 Å². The van der Waals surface area contributed by atoms with Gasteiger partial charge in [-0.2, -0.15) is 10.5 Å². The van der Waals surface area contributed by atoms with Gasteiger partial charge in [0.15, 0.2) is 5.78 Å². The topological polar surface area (TPSA) is 64.7 Å². The molecule has 0 bridgehead atoms. The molecule has 8 rings (SSSR count). The van der Waals surface area contributed by atoms with Gasteiger partial charge in [0.1, 0.15) is 17.7 Å². The van der Waals surface area contributed by atoms with E-state index in [0.717, 1.165) is 5.56 Å². The monoisotopic (exact) mass is 620 g/mol. The highest BCUT2D eigenvalue weighted by Gasteiger charge is 2.48. The van der Waals surface area contributed by atoms with Crippen LogP contribution in [0.5, 0.6) is 0 Å². The average Bonchev–Trinajstić information content (AvgIpc) is 3.73. The first-order valence-electron chi connectivity index (χ1n) is 15.5. The predicted octanol–water partition coefficient (Wildman–Crippen LogP) is 10.5. The average molecular weight is 621 g/mol. The van der Waals surface area contributed by atoms with Gasteiger partial charge in [0.2, 0.25) is 0 Å². The molecule has 1 atom stereocenters. The van der Waals surface area contributed by atoms with Gasteiger partial charge in [-0.25, -0.2) is 0 Å². The van der Waals surface area contributed by atoms with Gasteiger partial charge >= 0.3 is 0 Å². The molecule has 2 aromatic heterocycles. The van der Waals surface area contributed by atoms with Gasteiger partial charge in [-0.05, 0) is 71.2 Å². The highest BCUT2D eigenvalue weighted by Crippen LogP contribution is 2.63. The fourth-order valence-electron chi connectivity index (χ4n) is 8.34. The van der Waals surface area contributed by atoms with Crippen molar-refractivity contribution >= 4 is 43.4 Å². The number of nitriles is 2. The van der Waals surface area contributed by atoms with Crippen LogP contribution >= 0.6 is 22.7 Å². The molecular formula is C40H32N2OS2. The Morgan fingerprint density at radius 3 is 1.89 bits per heavy atom. The fraction of sp³-hybridized carbons (Fsp3) is 0.275. The molecule has 5 aromatic rings. The number of nitrogens with zero attached hydrogens (tertiary/aromatic N) is 2. The molecule has 220 valence electrons. The summed E-state index contributed by atoms with van der Waals surface area (Å²) in [6.45, 7) is 13.6. The Morgan fingerprint density at radius 2 is 1.29 bits per heavy atom. The summed E-state index contributed by atoms with van der Waals surface area (Å²) in [6.07, 6.45) is 1.20. The standard InChI is InChI=1S/C40H32N2OS2/c1-21-11-13-26-28(17-21)38(2,3)31-33(26)44-36-32-34(45-35(31)36)27-14-12-22(18-29(27)39(32,4)5)15-16-40(6)30(23(19-41)20-42)24-9-7-8-10-25(24)37(40)43/h7-14,17-18H,15-16H2,1-6H3. The van der Waals surface area contributed by atoms with Gasteiger partial charge < -0.3 is 0 Å². The molecule has 1 unspecified atom stereocenters. The second kappa shape index (κ2) is 9.13. The van der Waals surface area contributed by atoms with Crippen LogP contribution in [0.1, 0.15) is 90.3 Å². The molecule has 0 radical (unpaired) electrons. The predicted molar refractivity (Wildman–Crippen MR) is 185 cm³/mol. The van der Waals surface area contributed by atoms with Crippen molar-refractivity contribution in [3.05, 3.63) is 111 Å². The van der Waals surface area contributed by atoms with Gasteiger partial charge in [-0.1, -0.05) is 93.9 Å². The van der Waals surface area contributed by atoms with E-state index in [-0.39, 0.29) is 22.2 Å². The number of ketones is 1. The van der Waals surface area contributed by atoms with E-state index in [9.17, 15) is 15.3 Å². The van der Waals surface area contributed by atoms with Crippen LogP contribution in [0.2, 0.25) is 0 Å². The maximum absolute atomic E-state index is 13.8. The Bertz CT molecular complexity index is 2280. The lowest BCUT2D eigenvalue weighted by Crippen LogP contribution is -2.25. The quantitative estimate of drug-likeness (QED) is 0.189. The summed E-state index contributed by atoms with van der Waals surface area (Å²) in [7, 11) is 0. The molecule has 0 amide bonds. The van der Waals surface area contributed by atoms with Gasteiger partial charge in [0.05, 0.1) is 14.8 Å². The molecule has 45 heavy (non-hydrogen) atoms. The maximum atomic E-state index is 13.8. The van der Waals surface area contributed by atoms with Crippen LogP contribution in [0.4, 0.5) is 0 Å². The second-order valence-corrected chi connectivity index (χ2v) is 16.2. The Balaban J connectivity index is 1.18. The van der Waals surface area contributed by atoms with E-state index in [4.69, 9.17) is 0 Å². The van der Waals surface area contributed by atoms with E-state index in [1.165, 1.54) is 63.7 Å². The van der Waals surface area contributed by atoms with Crippen molar-refractivity contribution in [3.8, 4) is 33.0 Å². The number of thiophene rings is 2. The van der Waals surface area contributed by atoms with Crippen LogP contribution in [0.3, 0.4) is 0 Å². The van der Waals surface area contributed by atoms with Crippen LogP contribution in [0.15, 0.2) is 66.2 Å². The van der Waals surface area contributed by atoms with Crippen LogP contribution in [-0.2, 0) is 17.3 Å². The van der Waals surface area contributed by atoms with Crippen LogP contribution in [0.25, 0.3) is 35.9 Å². The third-order valence-electron chi connectivity index (χ3n) is 10.7. The minimum absolute atomic E-state index is 0.00688. The number of aryl methyl sites for hydroxylation is 2. The van der Waals surface area contributed by atoms with E-state index in [1.54, 1.807) is 0 Å². The number of fused-ring (bicyclic) bond motifs is 10. The molecular weight excluding hydrogens is 589 g/mol. The fourth-order valence-corrected chi connectivity index (χ4v) is 11.9. The zero-order chi connectivity index (χ0) is 31.6. The van der Waals surface area contributed by atoms with E-state index in [1.807, 2.05) is 53.9 Å². The summed E-state index contributed by atoms with van der Waals surface area (Å²) in [5, 5.41) is 19.6. The molecule has 0 saturated heterocycles. The summed E-state index contributed by atoms with van der Waals surface area (Å²) in [4.78, 5) is 16.6. The van der Waals surface area contributed by atoms with Crippen molar-refractivity contribution < 1.29 is 4.79 Å². The Hall–Kier alpha value is -4.29. The lowest BCUT2D eigenvalue weighted by molar-refractivity contribution is 0.0883. The maximum Gasteiger partial charge on any atom is 0.173 e. The first kappa shape index (κ1) is 28.2. The second-order valence-electron chi connectivity index (χ2n) is 14.1. The normalized spacial score (nSPS) is 19.5. The van der Waals surface area contributed by atoms with Gasteiger partial charge in [0.25, 0.3) is 0 Å². The van der Waals surface area contributed by atoms with Crippen molar-refractivity contribution in [1.29, 1.82) is 10.5 Å². The summed E-state index contributed by atoms with van der Waals surface area (Å²) >= 11 is 3.93.